The first-order valence-corrected chi connectivity index (χ1v) is 10.5. The van der Waals surface area contributed by atoms with Gasteiger partial charge < -0.3 is 15.4 Å². The summed E-state index contributed by atoms with van der Waals surface area (Å²) < 4.78 is 5.79. The van der Waals surface area contributed by atoms with Crippen LogP contribution < -0.4 is 15.4 Å². The van der Waals surface area contributed by atoms with E-state index in [1.54, 1.807) is 6.07 Å². The molecule has 0 atom stereocenters. The largest absolute Gasteiger partial charge is 0.489 e. The molecule has 0 aliphatic carbocycles. The molecule has 0 bridgehead atoms. The van der Waals surface area contributed by atoms with E-state index in [-0.39, 0.29) is 18.2 Å². The maximum absolute atomic E-state index is 12.1. The maximum atomic E-state index is 12.1. The molecule has 0 aliphatic rings. The molecule has 160 valence electrons. The number of carbonyl (C=O) groups is 2. The molecule has 0 spiro atoms. The van der Waals surface area contributed by atoms with Crippen LogP contribution in [0.2, 0.25) is 0 Å². The van der Waals surface area contributed by atoms with Crippen molar-refractivity contribution in [1.29, 1.82) is 0 Å². The molecule has 2 N–H and O–H groups in total. The Morgan fingerprint density at radius 1 is 0.774 bits per heavy atom. The number of amides is 2. The highest BCUT2D eigenvalue weighted by Crippen LogP contribution is 2.14. The van der Waals surface area contributed by atoms with Crippen LogP contribution in [0.5, 0.6) is 5.75 Å². The molecule has 0 saturated carbocycles. The number of hydrogen-bond acceptors (Lipinski definition) is 3. The fraction of sp³-hybridized carbons (Fsp3) is 0.231. The second kappa shape index (κ2) is 11.6. The van der Waals surface area contributed by atoms with Crippen molar-refractivity contribution in [2.24, 2.45) is 0 Å². The molecule has 0 radical (unpaired) electrons. The number of carbonyl (C=O) groups excluding carboxylic acids is 2. The minimum absolute atomic E-state index is 0.0760. The predicted molar refractivity (Wildman–Crippen MR) is 122 cm³/mol. The lowest BCUT2D eigenvalue weighted by atomic mass is 10.1. The lowest BCUT2D eigenvalue weighted by molar-refractivity contribution is -0.120. The summed E-state index contributed by atoms with van der Waals surface area (Å²) in [6.45, 7) is 3.29. The van der Waals surface area contributed by atoms with Gasteiger partial charge in [0.15, 0.2) is 0 Å². The van der Waals surface area contributed by atoms with Crippen LogP contribution in [0.1, 0.15) is 33.5 Å². The van der Waals surface area contributed by atoms with Crippen LogP contribution in [0.15, 0.2) is 78.9 Å². The van der Waals surface area contributed by atoms with Crippen molar-refractivity contribution < 1.29 is 14.3 Å². The molecule has 0 aromatic heterocycles. The van der Waals surface area contributed by atoms with E-state index in [0.717, 1.165) is 28.9 Å². The molecule has 3 rings (SSSR count). The van der Waals surface area contributed by atoms with E-state index < -0.39 is 0 Å². The number of rotatable bonds is 10. The quantitative estimate of drug-likeness (QED) is 0.524. The summed E-state index contributed by atoms with van der Waals surface area (Å²) in [5, 5.41) is 5.69. The molecule has 0 fully saturated rings. The highest BCUT2D eigenvalue weighted by molar-refractivity contribution is 5.95. The van der Waals surface area contributed by atoms with Gasteiger partial charge >= 0.3 is 0 Å². The highest BCUT2D eigenvalue weighted by atomic mass is 16.5. The van der Waals surface area contributed by atoms with Crippen LogP contribution >= 0.6 is 0 Å². The number of ether oxygens (including phenoxy) is 1. The Hall–Kier alpha value is -3.60. The zero-order valence-corrected chi connectivity index (χ0v) is 17.8. The van der Waals surface area contributed by atoms with Gasteiger partial charge in [0.25, 0.3) is 5.91 Å². The molecule has 0 aliphatic heterocycles. The van der Waals surface area contributed by atoms with Crippen molar-refractivity contribution in [2.75, 3.05) is 13.1 Å². The SMILES string of the molecule is Cc1ccccc1C(=O)NCCC(=O)NCCc1ccc(OCc2ccccc2)cc1. The van der Waals surface area contributed by atoms with Crippen LogP contribution in [-0.2, 0) is 17.8 Å². The lowest BCUT2D eigenvalue weighted by Gasteiger charge is -2.09. The van der Waals surface area contributed by atoms with Gasteiger partial charge in [-0.2, -0.15) is 0 Å². The molecule has 2 amide bonds. The minimum Gasteiger partial charge on any atom is -0.489 e. The van der Waals surface area contributed by atoms with Crippen molar-refractivity contribution in [2.45, 2.75) is 26.4 Å². The van der Waals surface area contributed by atoms with Crippen LogP contribution in [0.4, 0.5) is 0 Å². The molecule has 31 heavy (non-hydrogen) atoms. The number of aryl methyl sites for hydroxylation is 1. The Morgan fingerprint density at radius 3 is 2.23 bits per heavy atom. The first kappa shape index (κ1) is 22.1. The Balaban J connectivity index is 1.32. The molecular formula is C26H28N2O3. The Bertz CT molecular complexity index is 985. The van der Waals surface area contributed by atoms with Crippen molar-refractivity contribution in [3.8, 4) is 5.75 Å². The maximum Gasteiger partial charge on any atom is 0.251 e. The van der Waals surface area contributed by atoms with Gasteiger partial charge in [-0.05, 0) is 48.2 Å². The topological polar surface area (TPSA) is 67.4 Å². The zero-order valence-electron chi connectivity index (χ0n) is 17.8. The van der Waals surface area contributed by atoms with Crippen molar-refractivity contribution >= 4 is 11.8 Å². The number of nitrogens with one attached hydrogen (secondary N) is 2. The van der Waals surface area contributed by atoms with E-state index in [1.165, 1.54) is 0 Å². The van der Waals surface area contributed by atoms with Crippen molar-refractivity contribution in [1.82, 2.24) is 10.6 Å². The fourth-order valence-corrected chi connectivity index (χ4v) is 3.14. The van der Waals surface area contributed by atoms with Gasteiger partial charge in [0.05, 0.1) is 0 Å². The second-order valence-electron chi connectivity index (χ2n) is 7.34. The summed E-state index contributed by atoms with van der Waals surface area (Å²) in [4.78, 5) is 24.2. The molecule has 3 aromatic carbocycles. The Kier molecular flexibility index (Phi) is 8.23. The first-order chi connectivity index (χ1) is 15.1. The van der Waals surface area contributed by atoms with E-state index in [9.17, 15) is 9.59 Å². The van der Waals surface area contributed by atoms with Gasteiger partial charge in [-0.15, -0.1) is 0 Å². The molecule has 0 heterocycles. The zero-order chi connectivity index (χ0) is 21.9. The highest BCUT2D eigenvalue weighted by Gasteiger charge is 2.08. The van der Waals surface area contributed by atoms with Crippen molar-refractivity contribution in [3.05, 3.63) is 101 Å². The summed E-state index contributed by atoms with van der Waals surface area (Å²) in [6.07, 6.45) is 0.990. The van der Waals surface area contributed by atoms with Crippen LogP contribution in [0.25, 0.3) is 0 Å². The first-order valence-electron chi connectivity index (χ1n) is 10.5. The third kappa shape index (κ3) is 7.30. The molecule has 5 nitrogen and oxygen atoms in total. The van der Waals surface area contributed by atoms with E-state index in [2.05, 4.69) is 10.6 Å². The van der Waals surface area contributed by atoms with E-state index >= 15 is 0 Å². The molecule has 3 aromatic rings. The number of hydrogen-bond donors (Lipinski definition) is 2. The average Bonchev–Trinajstić information content (AvgIpc) is 2.79. The molecule has 0 saturated heterocycles. The van der Waals surface area contributed by atoms with Crippen LogP contribution in [-0.4, -0.2) is 24.9 Å². The van der Waals surface area contributed by atoms with E-state index in [0.29, 0.717) is 25.3 Å². The van der Waals surface area contributed by atoms with Gasteiger partial charge in [-0.3, -0.25) is 9.59 Å². The van der Waals surface area contributed by atoms with Crippen molar-refractivity contribution in [3.63, 3.8) is 0 Å². The Morgan fingerprint density at radius 2 is 1.48 bits per heavy atom. The third-order valence-electron chi connectivity index (χ3n) is 4.93. The summed E-state index contributed by atoms with van der Waals surface area (Å²) in [5.74, 6) is 0.592. The van der Waals surface area contributed by atoms with Crippen LogP contribution in [0, 0.1) is 6.92 Å². The lowest BCUT2D eigenvalue weighted by Crippen LogP contribution is -2.31. The summed E-state index contributed by atoms with van der Waals surface area (Å²) in [6, 6.07) is 25.3. The second-order valence-corrected chi connectivity index (χ2v) is 7.34. The van der Waals surface area contributed by atoms with Crippen LogP contribution in [0.3, 0.4) is 0 Å². The van der Waals surface area contributed by atoms with Gasteiger partial charge in [0.1, 0.15) is 12.4 Å². The third-order valence-corrected chi connectivity index (χ3v) is 4.93. The smallest absolute Gasteiger partial charge is 0.251 e. The van der Waals surface area contributed by atoms with E-state index in [1.807, 2.05) is 79.7 Å². The summed E-state index contributed by atoms with van der Waals surface area (Å²) >= 11 is 0. The molecular weight excluding hydrogens is 388 g/mol. The molecule has 5 heteroatoms. The van der Waals surface area contributed by atoms with Gasteiger partial charge in [-0.25, -0.2) is 0 Å². The fourth-order valence-electron chi connectivity index (χ4n) is 3.14. The van der Waals surface area contributed by atoms with Gasteiger partial charge in [0.2, 0.25) is 5.91 Å². The standard InChI is InChI=1S/C26H28N2O3/c1-20-7-5-6-10-24(20)26(30)28-18-16-25(29)27-17-15-21-11-13-23(14-12-21)31-19-22-8-3-2-4-9-22/h2-14H,15-19H2,1H3,(H,27,29)(H,28,30). The average molecular weight is 417 g/mol. The summed E-state index contributed by atoms with van der Waals surface area (Å²) in [5.41, 5.74) is 3.81. The van der Waals surface area contributed by atoms with Gasteiger partial charge in [0, 0.05) is 25.1 Å². The minimum atomic E-state index is -0.152. The normalized spacial score (nSPS) is 10.4. The van der Waals surface area contributed by atoms with Gasteiger partial charge in [-0.1, -0.05) is 60.7 Å². The number of benzene rings is 3. The summed E-state index contributed by atoms with van der Waals surface area (Å²) in [7, 11) is 0. The molecule has 0 unspecified atom stereocenters. The predicted octanol–water partition coefficient (Wildman–Crippen LogP) is 4.05. The monoisotopic (exact) mass is 416 g/mol. The van der Waals surface area contributed by atoms with E-state index in [4.69, 9.17) is 4.74 Å². The Labute approximate surface area is 183 Å².